The number of hydrogen-bond donors (Lipinski definition) is 1. The van der Waals surface area contributed by atoms with Crippen molar-refractivity contribution in [2.75, 3.05) is 133 Å². The fourth-order valence-electron chi connectivity index (χ4n) is 17.3. The number of carbonyl (C=O) groups excluding carboxylic acids is 5. The number of esters is 1. The first-order valence-corrected chi connectivity index (χ1v) is 54.4. The molecule has 0 unspecified atom stereocenters. The van der Waals surface area contributed by atoms with Gasteiger partial charge in [0.2, 0.25) is 0 Å². The summed E-state index contributed by atoms with van der Waals surface area (Å²) >= 11 is -0.543. The van der Waals surface area contributed by atoms with E-state index < -0.39 is 25.7 Å². The van der Waals surface area contributed by atoms with E-state index in [-0.39, 0.29) is 132 Å². The third kappa shape index (κ3) is 24.8. The molecule has 139 heavy (non-hydrogen) atoms. The molecule has 0 bridgehead atoms. The molecule has 4 atom stereocenters. The number of aliphatic carboxylic acids is 1. The van der Waals surface area contributed by atoms with Gasteiger partial charge in [0.25, 0.3) is 23.6 Å². The molecular formula is C107H117N8O23Sn. The average Bonchev–Trinajstić information content (AvgIpc) is 1.63. The number of carbonyl (C=O) groups is 6. The molecule has 0 saturated heterocycles. The first kappa shape index (κ1) is 102. The van der Waals surface area contributed by atoms with Gasteiger partial charge in [-0.2, -0.15) is 0 Å². The molecule has 10 aromatic rings. The van der Waals surface area contributed by atoms with Gasteiger partial charge < -0.3 is 81.6 Å². The molecule has 8 aliphatic rings. The molecule has 3 N–H and O–H groups in total. The summed E-state index contributed by atoms with van der Waals surface area (Å²) in [6.07, 6.45) is 10.3. The predicted octanol–water partition coefficient (Wildman–Crippen LogP) is 16.5. The van der Waals surface area contributed by atoms with Crippen LogP contribution in [0, 0.1) is 13.8 Å². The van der Waals surface area contributed by atoms with Crippen LogP contribution >= 0.6 is 0 Å². The zero-order chi connectivity index (χ0) is 95.4. The number of methoxy groups -OCH3 is 3. The maximum atomic E-state index is 14.0. The topological polar surface area (TPSA) is 355 Å². The average molecular weight is 2000 g/mol. The number of anilines is 4. The van der Waals surface area contributed by atoms with Gasteiger partial charge in [0.05, 0.1) is 183 Å². The summed E-state index contributed by atoms with van der Waals surface area (Å²) in [4.78, 5) is 111. The Morgan fingerprint density at radius 1 is 0.345 bits per heavy atom. The summed E-state index contributed by atoms with van der Waals surface area (Å²) < 4.78 is 87.4. The van der Waals surface area contributed by atoms with Crippen molar-refractivity contribution in [2.45, 2.75) is 125 Å². The standard InChI is InChI=1S/C52H52N4O11.C51H50N4O11.CH4.3CH3.H2O.Sn/c1-33-20-41-43(53-29-38-24-36-8-4-6-10-45(36)55(38)51(41)58)27-47(33)66-31-34-21-35(23-40(22-34)65-19-18-64-17-16-63-15-14-62-13-12-50(57)61-3)32-67-49-28-44-42(26-48(49)60-2)52(59)56-39(30-54-44)25-37-9-5-7-11-46(37)56;1-32-19-40-42(52-28-37-23-35-7-3-5-9-44(35)54(37)50(40)58)26-46(32)65-30-33-20-34(22-39(21-33)64-18-17-63-16-15-62-14-13-61-12-11-49(56)57)31-66-48-27-43-41(25-47(48)60-2)51(59)55-38(29-53-43)24-36-8-4-6-10-45(36)55;;;;;;/h4-11,20-23,26-30,38-39H,12-19,24-25,31-32H2,1-3H3;3-10,19-22,25-29,37-38H,11-18,23-24,30-31H2,1-2H3,(H,56,57);1H4;3*1H3;1H2;/t38-,39-;37-,38-;;;;;;/m00....../s1. The fourth-order valence-corrected chi connectivity index (χ4v) is 17.3. The van der Waals surface area contributed by atoms with Gasteiger partial charge in [-0.15, -0.1) is 0 Å². The number of fused-ring (bicyclic) bond motifs is 16. The molecule has 0 aromatic heterocycles. The van der Waals surface area contributed by atoms with Crippen molar-refractivity contribution >= 4 is 126 Å². The van der Waals surface area contributed by atoms with Crippen LogP contribution in [0.4, 0.5) is 45.5 Å². The minimum atomic E-state index is -0.904. The first-order chi connectivity index (χ1) is 66.7. The zero-order valence-corrected chi connectivity index (χ0v) is 81.4. The maximum absolute atomic E-state index is 14.0. The van der Waals surface area contributed by atoms with Crippen LogP contribution in [-0.2, 0) is 94.9 Å². The van der Waals surface area contributed by atoms with E-state index in [0.29, 0.717) is 183 Å². The molecule has 0 fully saturated rings. The van der Waals surface area contributed by atoms with E-state index in [1.807, 2.05) is 194 Å². The van der Waals surface area contributed by atoms with E-state index in [1.165, 1.54) is 7.11 Å². The molecule has 10 aromatic carbocycles. The van der Waals surface area contributed by atoms with Crippen molar-refractivity contribution < 1.29 is 110 Å². The number of benzene rings is 10. The van der Waals surface area contributed by atoms with Crippen LogP contribution in [0.3, 0.4) is 0 Å². The second-order valence-corrected chi connectivity index (χ2v) is 42.8. The number of ether oxygens (including phenoxy) is 15. The minimum absolute atomic E-state index is 0. The molecular weight excluding hydrogens is 1880 g/mol. The van der Waals surface area contributed by atoms with Crippen LogP contribution in [0.5, 0.6) is 46.0 Å². The van der Waals surface area contributed by atoms with E-state index >= 15 is 0 Å². The summed E-state index contributed by atoms with van der Waals surface area (Å²) in [6.45, 7) is 8.85. The third-order valence-corrected chi connectivity index (χ3v) is 23.8. The van der Waals surface area contributed by atoms with Crippen LogP contribution in [0.1, 0.15) is 117 Å². The van der Waals surface area contributed by atoms with Crippen molar-refractivity contribution in [3.05, 3.63) is 260 Å². The van der Waals surface area contributed by atoms with E-state index in [4.69, 9.17) is 91.4 Å². The summed E-state index contributed by atoms with van der Waals surface area (Å²) in [5.74, 6) is 2.33. The normalized spacial score (nSPS) is 15.9. The molecule has 1 radical (unpaired) electrons. The number of amides is 4. The molecule has 4 amide bonds. The van der Waals surface area contributed by atoms with Crippen molar-refractivity contribution in [2.24, 2.45) is 20.0 Å². The van der Waals surface area contributed by atoms with Crippen LogP contribution in [0.2, 0.25) is 14.8 Å². The molecule has 31 nitrogen and oxygen atoms in total. The molecule has 8 heterocycles. The second kappa shape index (κ2) is 48.3. The van der Waals surface area contributed by atoms with Crippen molar-refractivity contribution in [3.63, 3.8) is 0 Å². The molecule has 727 valence electrons. The molecule has 8 aliphatic heterocycles. The second-order valence-electron chi connectivity index (χ2n) is 34.2. The Labute approximate surface area is 815 Å². The number of carboxylic acids is 1. The molecule has 32 heteroatoms. The van der Waals surface area contributed by atoms with Gasteiger partial charge >= 0.3 is 46.5 Å². The van der Waals surface area contributed by atoms with E-state index in [2.05, 4.69) is 31.7 Å². The zero-order valence-electron chi connectivity index (χ0n) is 78.5. The Hall–Kier alpha value is -13.4. The summed E-state index contributed by atoms with van der Waals surface area (Å²) in [5, 5.41) is 8.71. The number of aryl methyl sites for hydroxylation is 2. The number of para-hydroxylation sites is 4. The van der Waals surface area contributed by atoms with Gasteiger partial charge in [0.1, 0.15) is 62.6 Å². The number of carboxylic acid groups (broad SMARTS) is 1. The monoisotopic (exact) mass is 2000 g/mol. The molecule has 0 aliphatic carbocycles. The Morgan fingerprint density at radius 2 is 0.612 bits per heavy atom. The Bertz CT molecular complexity index is 6220. The Balaban J connectivity index is 0.000000211. The van der Waals surface area contributed by atoms with Gasteiger partial charge in [-0.3, -0.25) is 68.3 Å². The van der Waals surface area contributed by atoms with Crippen molar-refractivity contribution in [1.82, 2.24) is 0 Å². The quantitative estimate of drug-likeness (QED) is 0.0212. The Kier molecular flexibility index (Phi) is 35.3. The number of aliphatic imine (C=N–C) groups is 4. The van der Waals surface area contributed by atoms with Gasteiger partial charge in [-0.25, -0.2) is 0 Å². The van der Waals surface area contributed by atoms with Crippen molar-refractivity contribution in [3.8, 4) is 46.0 Å². The SMILES string of the molecule is C.COC(=O)CCOCCOCCOCCOc1cc(COc2cc3c(cc2C)C(=O)N2c4ccccc4C[C@H]2C=N3)cc(COc2cc3c(cc2OC)C(=O)N2c4ccccc4C[C@H]2C=N3)c1.COc1cc2c(cc1OCc1cc(COc3cc4c(cc3C)C(=O)N3c5ccccc5C[C@H]3C=N4)cc(OCCOCCOCCOCCC(=O)O)c1)N=C[C@@H]1Cc3ccccc3N1C2=O.O.[CH3][Sn]([CH3])[CH3]. The van der Waals surface area contributed by atoms with E-state index in [9.17, 15) is 28.8 Å². The van der Waals surface area contributed by atoms with Crippen LogP contribution in [0.15, 0.2) is 202 Å². The van der Waals surface area contributed by atoms with Gasteiger partial charge in [-0.1, -0.05) is 80.2 Å². The molecule has 0 spiro atoms. The van der Waals surface area contributed by atoms with Gasteiger partial charge in [0.15, 0.2) is 23.0 Å². The predicted molar refractivity (Wildman–Crippen MR) is 533 cm³/mol. The summed E-state index contributed by atoms with van der Waals surface area (Å²) in [7, 11) is 4.43. The van der Waals surface area contributed by atoms with Gasteiger partial charge in [0, 0.05) is 97.6 Å². The van der Waals surface area contributed by atoms with E-state index in [1.54, 1.807) is 48.3 Å². The van der Waals surface area contributed by atoms with Crippen LogP contribution < -0.4 is 57.5 Å². The molecule has 0 saturated carbocycles. The summed E-state index contributed by atoms with van der Waals surface area (Å²) in [5.41, 5.74) is 16.9. The first-order valence-electron chi connectivity index (χ1n) is 45.8. The molecule has 18 rings (SSSR count). The van der Waals surface area contributed by atoms with Crippen molar-refractivity contribution in [1.29, 1.82) is 0 Å². The van der Waals surface area contributed by atoms with Crippen LogP contribution in [0.25, 0.3) is 0 Å². The fraction of sp³-hybridized carbons (Fsp3) is 0.346. The van der Waals surface area contributed by atoms with Gasteiger partial charge in [-0.05, 0) is 154 Å². The number of hydrogen-bond acceptors (Lipinski definition) is 25. The Morgan fingerprint density at radius 3 is 0.906 bits per heavy atom. The van der Waals surface area contributed by atoms with Crippen LogP contribution in [-0.4, -0.2) is 229 Å². The van der Waals surface area contributed by atoms with E-state index in [0.717, 1.165) is 78.4 Å². The number of nitrogens with zero attached hydrogens (tertiary/aromatic N) is 8. The third-order valence-electron chi connectivity index (χ3n) is 23.8. The number of rotatable bonds is 40. The summed E-state index contributed by atoms with van der Waals surface area (Å²) in [6, 6.07) is 56.9.